The van der Waals surface area contributed by atoms with Gasteiger partial charge in [0.1, 0.15) is 0 Å². The second-order valence-electron chi connectivity index (χ2n) is 3.12. The molecule has 1 aliphatic heterocycles. The smallest absolute Gasteiger partial charge is 0.226 e. The summed E-state index contributed by atoms with van der Waals surface area (Å²) in [5, 5.41) is 0. The van der Waals surface area contributed by atoms with Crippen molar-refractivity contribution in [1.82, 2.24) is 4.90 Å². The molecular weight excluding hydrogens is 158 g/mol. The predicted molar refractivity (Wildman–Crippen MR) is 48.8 cm³/mol. The number of thiol groups is 1. The molecule has 0 aromatic heterocycles. The lowest BCUT2D eigenvalue weighted by atomic mass is 10.2. The van der Waals surface area contributed by atoms with Crippen LogP contribution < -0.4 is 0 Å². The van der Waals surface area contributed by atoms with E-state index in [1.807, 2.05) is 11.8 Å². The van der Waals surface area contributed by atoms with Crippen molar-refractivity contribution >= 4 is 18.5 Å². The summed E-state index contributed by atoms with van der Waals surface area (Å²) in [5.41, 5.74) is 0. The highest BCUT2D eigenvalue weighted by molar-refractivity contribution is 7.80. The molecule has 1 heterocycles. The first-order valence-corrected chi connectivity index (χ1v) is 4.78. The van der Waals surface area contributed by atoms with E-state index in [4.69, 9.17) is 0 Å². The van der Waals surface area contributed by atoms with Gasteiger partial charge in [-0.25, -0.2) is 0 Å². The van der Waals surface area contributed by atoms with E-state index in [0.29, 0.717) is 5.75 Å². The minimum absolute atomic E-state index is 0.0939. The molecule has 1 saturated heterocycles. The second-order valence-corrected chi connectivity index (χ2v) is 3.48. The van der Waals surface area contributed by atoms with Crippen molar-refractivity contribution in [3.8, 4) is 0 Å². The summed E-state index contributed by atoms with van der Waals surface area (Å²) >= 11 is 4.10. The Morgan fingerprint density at radius 2 is 2.09 bits per heavy atom. The van der Waals surface area contributed by atoms with Gasteiger partial charge in [0, 0.05) is 24.8 Å². The lowest BCUT2D eigenvalue weighted by molar-refractivity contribution is -0.133. The lowest BCUT2D eigenvalue weighted by Gasteiger charge is -2.18. The molecule has 0 spiro atoms. The largest absolute Gasteiger partial charge is 0.342 e. The fourth-order valence-electron chi connectivity index (χ4n) is 1.33. The summed E-state index contributed by atoms with van der Waals surface area (Å²) in [6, 6.07) is 0. The zero-order valence-corrected chi connectivity index (χ0v) is 7.81. The predicted octanol–water partition coefficient (Wildman–Crippen LogP) is 1.17. The number of carbonyl (C=O) groups is 1. The number of hydrogen-bond acceptors (Lipinski definition) is 2. The van der Waals surface area contributed by atoms with Crippen LogP contribution in [-0.2, 0) is 4.79 Å². The Morgan fingerprint density at radius 3 is 2.55 bits per heavy atom. The molecule has 0 bridgehead atoms. The summed E-state index contributed by atoms with van der Waals surface area (Å²) in [6.45, 7) is 3.85. The molecule has 0 aromatic rings. The first-order chi connectivity index (χ1) is 5.25. The fraction of sp³-hybridized carbons (Fsp3) is 0.875. The molecule has 0 radical (unpaired) electrons. The van der Waals surface area contributed by atoms with Crippen molar-refractivity contribution in [2.75, 3.05) is 18.8 Å². The Balaban J connectivity index is 2.39. The molecule has 3 heteroatoms. The minimum atomic E-state index is 0.0939. The zero-order valence-electron chi connectivity index (χ0n) is 6.92. The number of nitrogens with zero attached hydrogens (tertiary/aromatic N) is 1. The number of hydrogen-bond donors (Lipinski definition) is 1. The Labute approximate surface area is 73.4 Å². The maximum absolute atomic E-state index is 11.5. The topological polar surface area (TPSA) is 20.3 Å². The summed E-state index contributed by atoms with van der Waals surface area (Å²) < 4.78 is 0. The van der Waals surface area contributed by atoms with Crippen LogP contribution in [0.3, 0.4) is 0 Å². The van der Waals surface area contributed by atoms with E-state index >= 15 is 0 Å². The fourth-order valence-corrected chi connectivity index (χ4v) is 1.48. The van der Waals surface area contributed by atoms with Crippen LogP contribution in [-0.4, -0.2) is 29.6 Å². The molecular formula is C8H15NOS. The van der Waals surface area contributed by atoms with Gasteiger partial charge < -0.3 is 4.90 Å². The Bertz CT molecular complexity index is 143. The van der Waals surface area contributed by atoms with Gasteiger partial charge in [-0.15, -0.1) is 0 Å². The van der Waals surface area contributed by atoms with E-state index in [2.05, 4.69) is 12.6 Å². The van der Waals surface area contributed by atoms with Gasteiger partial charge in [-0.1, -0.05) is 6.92 Å². The Morgan fingerprint density at radius 1 is 1.55 bits per heavy atom. The van der Waals surface area contributed by atoms with E-state index in [-0.39, 0.29) is 11.8 Å². The number of amides is 1. The van der Waals surface area contributed by atoms with E-state index in [9.17, 15) is 4.79 Å². The van der Waals surface area contributed by atoms with Gasteiger partial charge in [-0.3, -0.25) is 4.79 Å². The first kappa shape index (κ1) is 8.91. The first-order valence-electron chi connectivity index (χ1n) is 4.15. The van der Waals surface area contributed by atoms with Gasteiger partial charge in [0.05, 0.1) is 0 Å². The lowest BCUT2D eigenvalue weighted by Crippen LogP contribution is -2.33. The van der Waals surface area contributed by atoms with Crippen LogP contribution in [0, 0.1) is 5.92 Å². The van der Waals surface area contributed by atoms with Crippen molar-refractivity contribution in [3.05, 3.63) is 0 Å². The Kier molecular flexibility index (Phi) is 3.24. The van der Waals surface area contributed by atoms with E-state index < -0.39 is 0 Å². The van der Waals surface area contributed by atoms with E-state index in [1.54, 1.807) is 0 Å². The number of rotatable bonds is 2. The minimum Gasteiger partial charge on any atom is -0.342 e. The van der Waals surface area contributed by atoms with Crippen molar-refractivity contribution < 1.29 is 4.79 Å². The maximum atomic E-state index is 11.5. The highest BCUT2D eigenvalue weighted by Gasteiger charge is 2.21. The summed E-state index contributed by atoms with van der Waals surface area (Å²) in [7, 11) is 0. The average Bonchev–Trinajstić information content (AvgIpc) is 2.53. The monoisotopic (exact) mass is 173 g/mol. The normalized spacial score (nSPS) is 20.4. The highest BCUT2D eigenvalue weighted by atomic mass is 32.1. The third kappa shape index (κ3) is 2.12. The molecule has 11 heavy (non-hydrogen) atoms. The van der Waals surface area contributed by atoms with Crippen LogP contribution in [0.4, 0.5) is 0 Å². The molecule has 1 rings (SSSR count). The van der Waals surface area contributed by atoms with Crippen LogP contribution >= 0.6 is 12.6 Å². The molecule has 1 unspecified atom stereocenters. The van der Waals surface area contributed by atoms with Gasteiger partial charge in [0.25, 0.3) is 0 Å². The summed E-state index contributed by atoms with van der Waals surface area (Å²) in [4.78, 5) is 13.4. The summed E-state index contributed by atoms with van der Waals surface area (Å²) in [5.74, 6) is 1.03. The maximum Gasteiger partial charge on any atom is 0.226 e. The molecule has 1 amide bonds. The van der Waals surface area contributed by atoms with Crippen LogP contribution in [0.2, 0.25) is 0 Å². The van der Waals surface area contributed by atoms with Crippen molar-refractivity contribution in [2.24, 2.45) is 5.92 Å². The van der Waals surface area contributed by atoms with Crippen LogP contribution in [0.1, 0.15) is 19.8 Å². The molecule has 0 saturated carbocycles. The third-order valence-electron chi connectivity index (χ3n) is 2.11. The van der Waals surface area contributed by atoms with Gasteiger partial charge in [0.15, 0.2) is 0 Å². The quantitative estimate of drug-likeness (QED) is 0.622. The molecule has 1 aliphatic rings. The van der Waals surface area contributed by atoms with Crippen LogP contribution in [0.15, 0.2) is 0 Å². The van der Waals surface area contributed by atoms with Crippen LogP contribution in [0.5, 0.6) is 0 Å². The van der Waals surface area contributed by atoms with Gasteiger partial charge >= 0.3 is 0 Å². The zero-order chi connectivity index (χ0) is 8.27. The summed E-state index contributed by atoms with van der Waals surface area (Å²) in [6.07, 6.45) is 2.34. The number of likely N-dealkylation sites (tertiary alicyclic amines) is 1. The number of carbonyl (C=O) groups excluding carboxylic acids is 1. The SMILES string of the molecule is CC(CS)C(=O)N1CCCC1. The van der Waals surface area contributed by atoms with Crippen molar-refractivity contribution in [1.29, 1.82) is 0 Å². The van der Waals surface area contributed by atoms with E-state index in [1.165, 1.54) is 12.8 Å². The molecule has 0 aliphatic carbocycles. The van der Waals surface area contributed by atoms with Crippen LogP contribution in [0.25, 0.3) is 0 Å². The Hall–Kier alpha value is -0.180. The molecule has 0 N–H and O–H groups in total. The van der Waals surface area contributed by atoms with Crippen molar-refractivity contribution in [2.45, 2.75) is 19.8 Å². The average molecular weight is 173 g/mol. The third-order valence-corrected chi connectivity index (χ3v) is 2.66. The molecule has 1 fully saturated rings. The van der Waals surface area contributed by atoms with Gasteiger partial charge in [-0.05, 0) is 12.8 Å². The highest BCUT2D eigenvalue weighted by Crippen LogP contribution is 2.12. The molecule has 0 aromatic carbocycles. The van der Waals surface area contributed by atoms with Gasteiger partial charge in [0.2, 0.25) is 5.91 Å². The molecule has 64 valence electrons. The second kappa shape index (κ2) is 4.00. The standard InChI is InChI=1S/C8H15NOS/c1-7(6-11)8(10)9-4-2-3-5-9/h7,11H,2-6H2,1H3. The van der Waals surface area contributed by atoms with Crippen molar-refractivity contribution in [3.63, 3.8) is 0 Å². The molecule has 1 atom stereocenters. The molecule has 2 nitrogen and oxygen atoms in total. The van der Waals surface area contributed by atoms with Gasteiger partial charge in [-0.2, -0.15) is 12.6 Å². The van der Waals surface area contributed by atoms with E-state index in [0.717, 1.165) is 13.1 Å².